The highest BCUT2D eigenvalue weighted by Gasteiger charge is 2.42. The fraction of sp³-hybridized carbons (Fsp3) is 0.200. The van der Waals surface area contributed by atoms with E-state index in [9.17, 15) is 50.4 Å². The highest BCUT2D eigenvalue weighted by Crippen LogP contribution is 2.50. The minimum atomic E-state index is -2.24. The molecule has 7 aliphatic rings. The summed E-state index contributed by atoms with van der Waals surface area (Å²) in [6, 6.07) is 14.4. The number of aromatic hydroxyl groups is 6. The fourth-order valence-corrected chi connectivity index (χ4v) is 13.0. The van der Waals surface area contributed by atoms with Crippen molar-refractivity contribution in [1.29, 1.82) is 0 Å². The van der Waals surface area contributed by atoms with Crippen LogP contribution in [0.3, 0.4) is 0 Å². The SMILES string of the molecule is N[C@H]1C(=O)N[C@H]2Cc3ccc(c(Cl)c3)Oc3cc4cc(c3O)Oc3ccc(cc3Cl)C(O)[C@@H]3NC(=O)[C@@H](NC(=O)[C@H]4NC(=O)[C@@H](NC2=O)c2cc(O)cc(c2)Oc2cc1ccc2O)c1ccc(O)c(c1)-c1c(cc(O)c(CN2CCN(/N=C/c4ccc(Cl)cc4)CC2)c1O)[C@@H](C(=O)O)NC3=O. The van der Waals surface area contributed by atoms with Crippen LogP contribution in [0, 0.1) is 0 Å². The van der Waals surface area contributed by atoms with E-state index in [2.05, 4.69) is 37.0 Å². The van der Waals surface area contributed by atoms with Crippen LogP contribution in [0.15, 0.2) is 139 Å². The number of nitrogens with zero attached hydrogens (tertiary/aromatic N) is 3. The molecule has 1 fully saturated rings. The van der Waals surface area contributed by atoms with E-state index in [4.69, 9.17) is 54.7 Å². The molecule has 17 bridgehead atoms. The van der Waals surface area contributed by atoms with Gasteiger partial charge >= 0.3 is 5.97 Å². The van der Waals surface area contributed by atoms with Gasteiger partial charge in [-0.1, -0.05) is 71.2 Å². The lowest BCUT2D eigenvalue weighted by molar-refractivity contribution is -0.143. The Morgan fingerprint density at radius 1 is 0.545 bits per heavy atom. The van der Waals surface area contributed by atoms with Gasteiger partial charge in [0.05, 0.1) is 21.8 Å². The predicted octanol–water partition coefficient (Wildman–Crippen LogP) is 6.79. The maximum absolute atomic E-state index is 16.0. The molecule has 0 saturated carbocycles. The Bertz CT molecular complexity index is 4790. The Labute approximate surface area is 587 Å². The number of ether oxygens (including phenoxy) is 3. The van der Waals surface area contributed by atoms with Crippen molar-refractivity contribution in [2.24, 2.45) is 10.8 Å². The fourth-order valence-electron chi connectivity index (χ4n) is 12.4. The van der Waals surface area contributed by atoms with Gasteiger partial charge in [0.15, 0.2) is 29.0 Å². The number of phenols is 6. The Morgan fingerprint density at radius 2 is 1.15 bits per heavy atom. The number of carbonyl (C=O) groups is 7. The largest absolute Gasteiger partial charge is 0.508 e. The molecule has 1 saturated heterocycles. The number of rotatable bonds is 5. The lowest BCUT2D eigenvalue weighted by Crippen LogP contribution is -2.55. The molecule has 8 atom stereocenters. The van der Waals surface area contributed by atoms with Gasteiger partial charge in [-0.15, -0.1) is 0 Å². The Morgan fingerprint density at radius 3 is 1.82 bits per heavy atom. The molecular weight excluding hydrogens is 1380 g/mol. The van der Waals surface area contributed by atoms with Crippen LogP contribution in [0.25, 0.3) is 11.1 Å². The van der Waals surface area contributed by atoms with Crippen LogP contribution in [0.5, 0.6) is 69.0 Å². The number of phenolic OH excluding ortho intramolecular Hbond substituents is 6. The van der Waals surface area contributed by atoms with Crippen LogP contribution in [0.4, 0.5) is 0 Å². The number of aliphatic carboxylic acids is 1. The number of hydrazone groups is 1. The molecule has 16 N–H and O–H groups in total. The first-order valence-electron chi connectivity index (χ1n) is 31.1. The molecule has 7 heterocycles. The summed E-state index contributed by atoms with van der Waals surface area (Å²) in [5.41, 5.74) is 5.03. The zero-order chi connectivity index (χ0) is 71.4. The van der Waals surface area contributed by atoms with E-state index in [1.165, 1.54) is 54.6 Å². The monoisotopic (exact) mass is 1430 g/mol. The first-order valence-corrected chi connectivity index (χ1v) is 32.3. The molecule has 7 aliphatic heterocycles. The number of hydrogen-bond donors (Lipinski definition) is 15. The van der Waals surface area contributed by atoms with Gasteiger partial charge in [-0.25, -0.2) is 4.79 Å². The third-order valence-corrected chi connectivity index (χ3v) is 18.5. The summed E-state index contributed by atoms with van der Waals surface area (Å²) in [6.07, 6.45) is -0.854. The summed E-state index contributed by atoms with van der Waals surface area (Å²) in [5, 5.41) is 116. The summed E-state index contributed by atoms with van der Waals surface area (Å²) >= 11 is 19.9. The molecule has 0 aromatic heterocycles. The summed E-state index contributed by atoms with van der Waals surface area (Å²) < 4.78 is 18.6. The van der Waals surface area contributed by atoms with Gasteiger partial charge in [0, 0.05) is 66.9 Å². The van der Waals surface area contributed by atoms with Crippen molar-refractivity contribution in [3.05, 3.63) is 199 Å². The predicted molar refractivity (Wildman–Crippen MR) is 361 cm³/mol. The number of halogens is 3. The van der Waals surface area contributed by atoms with E-state index in [0.717, 1.165) is 60.2 Å². The van der Waals surface area contributed by atoms with E-state index in [1.54, 1.807) is 35.5 Å². The Kier molecular flexibility index (Phi) is 18.6. The van der Waals surface area contributed by atoms with Crippen molar-refractivity contribution in [3.8, 4) is 80.1 Å². The topological polar surface area (TPSA) is 426 Å². The molecule has 8 aromatic rings. The van der Waals surface area contributed by atoms with Crippen molar-refractivity contribution >= 4 is 82.4 Å². The van der Waals surface area contributed by atoms with Crippen molar-refractivity contribution in [2.75, 3.05) is 26.2 Å². The average Bonchev–Trinajstić information content (AvgIpc) is 0.763. The maximum Gasteiger partial charge on any atom is 0.330 e. The highest BCUT2D eigenvalue weighted by atomic mass is 35.5. The molecular formula is C70H59Cl3N10O18. The number of benzene rings is 8. The van der Waals surface area contributed by atoms with Crippen molar-refractivity contribution < 1.29 is 88.6 Å². The number of amides is 6. The summed E-state index contributed by atoms with van der Waals surface area (Å²) in [6.45, 7) is 1.22. The number of aliphatic hydroxyl groups is 1. The zero-order valence-corrected chi connectivity index (χ0v) is 54.6. The van der Waals surface area contributed by atoms with Crippen LogP contribution in [0.1, 0.15) is 86.4 Å². The van der Waals surface area contributed by atoms with E-state index in [-0.39, 0.29) is 79.4 Å². The summed E-state index contributed by atoms with van der Waals surface area (Å²) in [7, 11) is 0. The zero-order valence-electron chi connectivity index (χ0n) is 52.4. The minimum Gasteiger partial charge on any atom is -0.508 e. The minimum absolute atomic E-state index is 0.114. The Balaban J connectivity index is 0.969. The number of carboxylic acid groups (broad SMARTS) is 1. The van der Waals surface area contributed by atoms with Crippen LogP contribution in [-0.2, 0) is 46.5 Å². The number of carboxylic acids is 1. The van der Waals surface area contributed by atoms with Crippen LogP contribution in [-0.4, -0.2) is 137 Å². The lowest BCUT2D eigenvalue weighted by atomic mass is 9.88. The van der Waals surface area contributed by atoms with Crippen molar-refractivity contribution in [3.63, 3.8) is 0 Å². The molecule has 0 spiro atoms. The van der Waals surface area contributed by atoms with Crippen LogP contribution in [0.2, 0.25) is 15.1 Å². The van der Waals surface area contributed by atoms with E-state index < -0.39 is 152 Å². The smallest absolute Gasteiger partial charge is 0.330 e. The molecule has 101 heavy (non-hydrogen) atoms. The summed E-state index contributed by atoms with van der Waals surface area (Å²) in [5.74, 6) is -15.0. The van der Waals surface area contributed by atoms with Gasteiger partial charge in [0.2, 0.25) is 41.2 Å². The molecule has 518 valence electrons. The van der Waals surface area contributed by atoms with Gasteiger partial charge in [0.25, 0.3) is 0 Å². The van der Waals surface area contributed by atoms with E-state index >= 15 is 24.0 Å². The number of nitrogens with two attached hydrogens (primary N) is 1. The number of fused-ring (bicyclic) bond motifs is 14. The number of piperazine rings is 1. The highest BCUT2D eigenvalue weighted by molar-refractivity contribution is 6.32. The molecule has 28 nitrogen and oxygen atoms in total. The molecule has 0 radical (unpaired) electrons. The third-order valence-electron chi connectivity index (χ3n) is 17.7. The molecule has 8 aromatic carbocycles. The van der Waals surface area contributed by atoms with Crippen LogP contribution < -0.4 is 51.8 Å². The molecule has 15 rings (SSSR count). The normalized spacial score (nSPS) is 21.6. The maximum atomic E-state index is 16.0. The van der Waals surface area contributed by atoms with Crippen LogP contribution >= 0.6 is 34.8 Å². The van der Waals surface area contributed by atoms with Crippen molar-refractivity contribution in [1.82, 2.24) is 41.8 Å². The Hall–Kier alpha value is -11.5. The first kappa shape index (κ1) is 68.0. The van der Waals surface area contributed by atoms with Gasteiger partial charge in [-0.3, -0.25) is 38.7 Å². The number of aliphatic hydroxyl groups excluding tert-OH is 1. The molecule has 0 aliphatic carbocycles. The standard InChI is InChI=1S/C70H59Cl3N10O18/c71-37-7-1-30(2-8-37)28-75-83-15-13-82(14-16-83)29-42-48(87)27-41-54(62(42)89)40-21-33(5-9-46(40)85)56-66(93)81-60(69(96)80-59(41)70(97)98)61(88)34-6-12-50(44(73)22-34)101-53-25-36-24-52(63(53)90)100-49-11-3-31(17-43(49)72)18-45-64(91)77-57(67(94)79-58(36)68(95)78-56)35-19-38(84)26-39(20-35)99-51-23-32(4-10-47(51)86)55(74)65(92)76-45/h1-12,17,19-28,45,55-61,84-90H,13-16,18,29,74H2,(H,76,92)(H,77,91)(H,78,95)(H,79,94)(H,80,96)(H,81,93)(H,97,98)/b75-28+/t45-,55+,56-,57-,58-,59-,60-,61?/m0/s1. The van der Waals surface area contributed by atoms with E-state index in [0.29, 0.717) is 36.8 Å². The van der Waals surface area contributed by atoms with E-state index in [1.807, 2.05) is 4.90 Å². The summed E-state index contributed by atoms with van der Waals surface area (Å²) in [4.78, 5) is 107. The molecule has 1 unspecified atom stereocenters. The second-order valence-corrected chi connectivity index (χ2v) is 25.6. The van der Waals surface area contributed by atoms with Crippen molar-refractivity contribution in [2.45, 2.75) is 61.4 Å². The third kappa shape index (κ3) is 14.0. The van der Waals surface area contributed by atoms with Gasteiger partial charge < -0.3 is 92.7 Å². The first-order chi connectivity index (χ1) is 48.3. The molecule has 31 heteroatoms. The molecule has 6 amide bonds. The van der Waals surface area contributed by atoms with Gasteiger partial charge in [-0.05, 0) is 130 Å². The van der Waals surface area contributed by atoms with Gasteiger partial charge in [0.1, 0.15) is 82.6 Å². The van der Waals surface area contributed by atoms with Gasteiger partial charge in [-0.2, -0.15) is 5.10 Å². The number of carbonyl (C=O) groups excluding carboxylic acids is 6. The second kappa shape index (κ2) is 27.6. The lowest BCUT2D eigenvalue weighted by Gasteiger charge is -2.34. The number of hydrogen-bond acceptors (Lipinski definition) is 21. The number of nitrogens with one attached hydrogen (secondary N) is 6. The average molecular weight is 1430 g/mol. The second-order valence-electron chi connectivity index (χ2n) is 24.4. The quantitative estimate of drug-likeness (QED) is 0.0788.